The standard InChI is InChI=1S/C13H18N2O2/c1-8(14)13(16)15-9(2)11-7-17-12-6-4-3-5-10(11)12/h3-6,8-9,11H,7,14H2,1-2H3,(H,15,16)/t8-,9?,11?/m1/s1. The molecule has 2 rings (SSSR count). The molecule has 0 spiro atoms. The summed E-state index contributed by atoms with van der Waals surface area (Å²) in [7, 11) is 0. The molecule has 4 heteroatoms. The Bertz CT molecular complexity index is 418. The van der Waals surface area contributed by atoms with Crippen molar-refractivity contribution in [2.45, 2.75) is 31.8 Å². The Balaban J connectivity index is 2.07. The van der Waals surface area contributed by atoms with Gasteiger partial charge in [0.05, 0.1) is 12.6 Å². The maximum absolute atomic E-state index is 11.5. The van der Waals surface area contributed by atoms with E-state index in [0.29, 0.717) is 6.61 Å². The van der Waals surface area contributed by atoms with Gasteiger partial charge in [0.15, 0.2) is 0 Å². The van der Waals surface area contributed by atoms with E-state index in [4.69, 9.17) is 10.5 Å². The molecule has 0 bridgehead atoms. The fourth-order valence-corrected chi connectivity index (χ4v) is 2.06. The lowest BCUT2D eigenvalue weighted by atomic mass is 9.94. The second kappa shape index (κ2) is 4.75. The molecular formula is C13H18N2O2. The quantitative estimate of drug-likeness (QED) is 0.820. The van der Waals surface area contributed by atoms with E-state index in [1.807, 2.05) is 31.2 Å². The predicted octanol–water partition coefficient (Wildman–Crippen LogP) is 1.01. The summed E-state index contributed by atoms with van der Waals surface area (Å²) in [5.41, 5.74) is 6.69. The van der Waals surface area contributed by atoms with Gasteiger partial charge in [-0.15, -0.1) is 0 Å². The average molecular weight is 234 g/mol. The molecule has 1 aromatic carbocycles. The molecule has 0 fully saturated rings. The highest BCUT2D eigenvalue weighted by Gasteiger charge is 2.29. The van der Waals surface area contributed by atoms with Gasteiger partial charge in [0, 0.05) is 17.5 Å². The van der Waals surface area contributed by atoms with Crippen molar-refractivity contribution in [1.29, 1.82) is 0 Å². The summed E-state index contributed by atoms with van der Waals surface area (Å²) in [6.45, 7) is 4.28. The van der Waals surface area contributed by atoms with Gasteiger partial charge in [0.25, 0.3) is 0 Å². The normalized spacial score (nSPS) is 21.2. The fourth-order valence-electron chi connectivity index (χ4n) is 2.06. The minimum atomic E-state index is -0.477. The molecule has 0 aliphatic carbocycles. The van der Waals surface area contributed by atoms with Crippen LogP contribution in [0, 0.1) is 0 Å². The Labute approximate surface area is 101 Å². The summed E-state index contributed by atoms with van der Waals surface area (Å²) in [6, 6.07) is 7.48. The zero-order chi connectivity index (χ0) is 12.4. The zero-order valence-electron chi connectivity index (χ0n) is 10.1. The molecule has 4 nitrogen and oxygen atoms in total. The van der Waals surface area contributed by atoms with E-state index < -0.39 is 6.04 Å². The first-order valence-electron chi connectivity index (χ1n) is 5.87. The first kappa shape index (κ1) is 11.9. The Morgan fingerprint density at radius 1 is 1.47 bits per heavy atom. The highest BCUT2D eigenvalue weighted by Crippen LogP contribution is 2.35. The third kappa shape index (κ3) is 2.42. The molecule has 1 aliphatic heterocycles. The topological polar surface area (TPSA) is 64.4 Å². The maximum atomic E-state index is 11.5. The minimum Gasteiger partial charge on any atom is -0.493 e. The van der Waals surface area contributed by atoms with Crippen LogP contribution in [0.4, 0.5) is 0 Å². The van der Waals surface area contributed by atoms with E-state index in [1.165, 1.54) is 0 Å². The second-order valence-corrected chi connectivity index (χ2v) is 4.54. The zero-order valence-corrected chi connectivity index (χ0v) is 10.1. The van der Waals surface area contributed by atoms with Crippen LogP contribution in [0.1, 0.15) is 25.3 Å². The average Bonchev–Trinajstić information content (AvgIpc) is 2.72. The first-order valence-corrected chi connectivity index (χ1v) is 5.87. The van der Waals surface area contributed by atoms with Gasteiger partial charge >= 0.3 is 0 Å². The molecule has 1 amide bonds. The van der Waals surface area contributed by atoms with Crippen molar-refractivity contribution < 1.29 is 9.53 Å². The summed E-state index contributed by atoms with van der Waals surface area (Å²) in [4.78, 5) is 11.5. The lowest BCUT2D eigenvalue weighted by Gasteiger charge is -2.20. The number of para-hydroxylation sites is 1. The maximum Gasteiger partial charge on any atom is 0.236 e. The van der Waals surface area contributed by atoms with Crippen LogP contribution in [0.15, 0.2) is 24.3 Å². The number of fused-ring (bicyclic) bond motifs is 1. The van der Waals surface area contributed by atoms with E-state index in [-0.39, 0.29) is 17.9 Å². The van der Waals surface area contributed by atoms with E-state index in [0.717, 1.165) is 11.3 Å². The number of carbonyl (C=O) groups excluding carboxylic acids is 1. The number of nitrogens with two attached hydrogens (primary N) is 1. The van der Waals surface area contributed by atoms with E-state index in [1.54, 1.807) is 6.92 Å². The SMILES string of the molecule is CC(NC(=O)[C@@H](C)N)C1COc2ccccc21. The summed E-state index contributed by atoms with van der Waals surface area (Å²) >= 11 is 0. The van der Waals surface area contributed by atoms with Crippen molar-refractivity contribution in [1.82, 2.24) is 5.32 Å². The highest BCUT2D eigenvalue weighted by molar-refractivity contribution is 5.81. The van der Waals surface area contributed by atoms with E-state index >= 15 is 0 Å². The molecule has 0 saturated carbocycles. The number of nitrogens with one attached hydrogen (secondary N) is 1. The van der Waals surface area contributed by atoms with Gasteiger partial charge in [-0.05, 0) is 19.9 Å². The van der Waals surface area contributed by atoms with Crippen molar-refractivity contribution in [3.63, 3.8) is 0 Å². The number of benzene rings is 1. The van der Waals surface area contributed by atoms with Gasteiger partial charge < -0.3 is 15.8 Å². The highest BCUT2D eigenvalue weighted by atomic mass is 16.5. The molecule has 0 aromatic heterocycles. The first-order chi connectivity index (χ1) is 8.09. The lowest BCUT2D eigenvalue weighted by molar-refractivity contribution is -0.122. The third-order valence-electron chi connectivity index (χ3n) is 3.12. The molecule has 1 aliphatic rings. The molecule has 3 atom stereocenters. The molecular weight excluding hydrogens is 216 g/mol. The van der Waals surface area contributed by atoms with Crippen LogP contribution < -0.4 is 15.8 Å². The smallest absolute Gasteiger partial charge is 0.236 e. The van der Waals surface area contributed by atoms with Crippen LogP contribution in [0.2, 0.25) is 0 Å². The fraction of sp³-hybridized carbons (Fsp3) is 0.462. The lowest BCUT2D eigenvalue weighted by Crippen LogP contribution is -2.45. The monoisotopic (exact) mass is 234 g/mol. The minimum absolute atomic E-state index is 0.0251. The van der Waals surface area contributed by atoms with Crippen LogP contribution in [-0.2, 0) is 4.79 Å². The largest absolute Gasteiger partial charge is 0.493 e. The number of hydrogen-bond donors (Lipinski definition) is 2. The van der Waals surface area contributed by atoms with Gasteiger partial charge in [-0.1, -0.05) is 18.2 Å². The van der Waals surface area contributed by atoms with E-state index in [9.17, 15) is 4.79 Å². The molecule has 0 saturated heterocycles. The van der Waals surface area contributed by atoms with Crippen molar-refractivity contribution in [3.8, 4) is 5.75 Å². The van der Waals surface area contributed by atoms with Gasteiger partial charge in [-0.3, -0.25) is 4.79 Å². The van der Waals surface area contributed by atoms with Crippen molar-refractivity contribution in [3.05, 3.63) is 29.8 Å². The van der Waals surface area contributed by atoms with Gasteiger partial charge in [-0.2, -0.15) is 0 Å². The molecule has 0 radical (unpaired) electrons. The summed E-state index contributed by atoms with van der Waals surface area (Å²) in [6.07, 6.45) is 0. The van der Waals surface area contributed by atoms with Crippen LogP contribution in [0.25, 0.3) is 0 Å². The molecule has 1 aromatic rings. The molecule has 3 N–H and O–H groups in total. The Morgan fingerprint density at radius 2 is 2.18 bits per heavy atom. The molecule has 92 valence electrons. The van der Waals surface area contributed by atoms with Gasteiger partial charge in [0.2, 0.25) is 5.91 Å². The predicted molar refractivity (Wildman–Crippen MR) is 65.9 cm³/mol. The second-order valence-electron chi connectivity index (χ2n) is 4.54. The Kier molecular flexibility index (Phi) is 3.33. The van der Waals surface area contributed by atoms with Gasteiger partial charge in [0.1, 0.15) is 5.75 Å². The van der Waals surface area contributed by atoms with Crippen LogP contribution >= 0.6 is 0 Å². The van der Waals surface area contributed by atoms with Crippen molar-refractivity contribution in [2.75, 3.05) is 6.61 Å². The number of hydrogen-bond acceptors (Lipinski definition) is 3. The number of amides is 1. The van der Waals surface area contributed by atoms with E-state index in [2.05, 4.69) is 5.32 Å². The van der Waals surface area contributed by atoms with Crippen molar-refractivity contribution in [2.24, 2.45) is 5.73 Å². The van der Waals surface area contributed by atoms with Crippen LogP contribution in [0.5, 0.6) is 5.75 Å². The number of rotatable bonds is 3. The van der Waals surface area contributed by atoms with Crippen LogP contribution in [0.3, 0.4) is 0 Å². The molecule has 17 heavy (non-hydrogen) atoms. The number of ether oxygens (including phenoxy) is 1. The molecule has 2 unspecified atom stereocenters. The third-order valence-corrected chi connectivity index (χ3v) is 3.12. The summed E-state index contributed by atoms with van der Waals surface area (Å²) in [5, 5.41) is 2.92. The summed E-state index contributed by atoms with van der Waals surface area (Å²) in [5.74, 6) is 0.996. The number of carbonyl (C=O) groups is 1. The van der Waals surface area contributed by atoms with Gasteiger partial charge in [-0.25, -0.2) is 0 Å². The molecule has 1 heterocycles. The summed E-state index contributed by atoms with van der Waals surface area (Å²) < 4.78 is 5.59. The van der Waals surface area contributed by atoms with Crippen LogP contribution in [-0.4, -0.2) is 24.6 Å². The Hall–Kier alpha value is -1.55. The van der Waals surface area contributed by atoms with Crippen molar-refractivity contribution >= 4 is 5.91 Å². The Morgan fingerprint density at radius 3 is 2.88 bits per heavy atom.